The van der Waals surface area contributed by atoms with E-state index in [9.17, 15) is 0 Å². The molecule has 3 nitrogen and oxygen atoms in total. The van der Waals surface area contributed by atoms with Crippen molar-refractivity contribution in [2.24, 2.45) is 0 Å². The fraction of sp³-hybridized carbons (Fsp3) is 0.385. The summed E-state index contributed by atoms with van der Waals surface area (Å²) in [5.74, 6) is 0.975. The number of para-hydroxylation sites is 1. The molecule has 1 heterocycles. The van der Waals surface area contributed by atoms with E-state index in [2.05, 4.69) is 45.6 Å². The highest BCUT2D eigenvalue weighted by atomic mass is 79.9. The summed E-state index contributed by atoms with van der Waals surface area (Å²) in [6.45, 7) is 5.83. The molecule has 0 atom stereocenters. The second kappa shape index (κ2) is 6.19. The van der Waals surface area contributed by atoms with Gasteiger partial charge >= 0.3 is 0 Å². The first kappa shape index (κ1) is 12.6. The van der Waals surface area contributed by atoms with Gasteiger partial charge in [-0.25, -0.2) is 0 Å². The van der Waals surface area contributed by atoms with E-state index in [1.54, 1.807) is 0 Å². The number of nitrogens with one attached hydrogen (secondary N) is 2. The number of hydrogen-bond acceptors (Lipinski definition) is 3. The van der Waals surface area contributed by atoms with E-state index in [0.29, 0.717) is 0 Å². The molecule has 0 saturated heterocycles. The van der Waals surface area contributed by atoms with Gasteiger partial charge in [0.15, 0.2) is 0 Å². The molecule has 0 aliphatic heterocycles. The zero-order valence-electron chi connectivity index (χ0n) is 9.92. The highest BCUT2D eigenvalue weighted by molar-refractivity contribution is 9.10. The van der Waals surface area contributed by atoms with E-state index in [1.165, 1.54) is 0 Å². The Bertz CT molecular complexity index is 481. The fourth-order valence-corrected chi connectivity index (χ4v) is 2.20. The normalized spacial score (nSPS) is 11.2. The molecule has 1 aromatic heterocycles. The van der Waals surface area contributed by atoms with Gasteiger partial charge in [0, 0.05) is 18.5 Å². The van der Waals surface area contributed by atoms with Crippen LogP contribution in [0.5, 0.6) is 0 Å². The number of fused-ring (bicyclic) bond motifs is 1. The first-order chi connectivity index (χ1) is 8.31. The van der Waals surface area contributed by atoms with Gasteiger partial charge in [-0.1, -0.05) is 19.1 Å². The molecule has 0 aliphatic rings. The molecule has 0 saturated carbocycles. The Hall–Kier alpha value is -0.840. The predicted molar refractivity (Wildman–Crippen MR) is 74.2 cm³/mol. The minimum absolute atomic E-state index is 0.770. The number of hydrogen-bond donors (Lipinski definition) is 2. The fourth-order valence-electron chi connectivity index (χ4n) is 1.73. The summed E-state index contributed by atoms with van der Waals surface area (Å²) >= 11 is 3.49. The number of rotatable bonds is 6. The maximum Gasteiger partial charge on any atom is 0.148 e. The molecular formula is C13H17BrN2O. The highest BCUT2D eigenvalue weighted by Crippen LogP contribution is 2.26. The Kier molecular flexibility index (Phi) is 4.59. The van der Waals surface area contributed by atoms with Gasteiger partial charge in [0.25, 0.3) is 0 Å². The molecule has 0 radical (unpaired) electrons. The Balaban J connectivity index is 1.93. The molecule has 0 spiro atoms. The lowest BCUT2D eigenvalue weighted by atomic mass is 10.2. The quantitative estimate of drug-likeness (QED) is 0.805. The van der Waals surface area contributed by atoms with Gasteiger partial charge in [-0.3, -0.25) is 0 Å². The Morgan fingerprint density at radius 1 is 1.24 bits per heavy atom. The summed E-state index contributed by atoms with van der Waals surface area (Å²) < 4.78 is 6.78. The van der Waals surface area contributed by atoms with Crippen LogP contribution in [0.2, 0.25) is 0 Å². The Morgan fingerprint density at radius 2 is 2.06 bits per heavy atom. The summed E-state index contributed by atoms with van der Waals surface area (Å²) in [6.07, 6.45) is 0. The molecular weight excluding hydrogens is 280 g/mol. The van der Waals surface area contributed by atoms with Gasteiger partial charge in [-0.15, -0.1) is 0 Å². The molecule has 0 aliphatic carbocycles. The van der Waals surface area contributed by atoms with E-state index in [0.717, 1.165) is 47.4 Å². The maximum atomic E-state index is 5.78. The summed E-state index contributed by atoms with van der Waals surface area (Å²) in [4.78, 5) is 0. The molecule has 17 heavy (non-hydrogen) atoms. The molecule has 2 rings (SSSR count). The lowest BCUT2D eigenvalue weighted by Gasteiger charge is -2.02. The van der Waals surface area contributed by atoms with Crippen molar-refractivity contribution in [2.75, 3.05) is 19.6 Å². The average molecular weight is 297 g/mol. The number of furan rings is 1. The van der Waals surface area contributed by atoms with Crippen molar-refractivity contribution in [3.63, 3.8) is 0 Å². The van der Waals surface area contributed by atoms with E-state index >= 15 is 0 Å². The maximum absolute atomic E-state index is 5.78. The van der Waals surface area contributed by atoms with Crippen LogP contribution in [0.25, 0.3) is 11.0 Å². The predicted octanol–water partition coefficient (Wildman–Crippen LogP) is 2.89. The van der Waals surface area contributed by atoms with Gasteiger partial charge in [-0.05, 0) is 34.6 Å². The first-order valence-electron chi connectivity index (χ1n) is 5.89. The second-order valence-corrected chi connectivity index (χ2v) is 4.76. The van der Waals surface area contributed by atoms with E-state index < -0.39 is 0 Å². The topological polar surface area (TPSA) is 37.2 Å². The molecule has 2 aromatic rings. The lowest BCUT2D eigenvalue weighted by molar-refractivity contribution is 0.508. The third-order valence-electron chi connectivity index (χ3n) is 2.57. The second-order valence-electron chi connectivity index (χ2n) is 3.90. The summed E-state index contributed by atoms with van der Waals surface area (Å²) in [7, 11) is 0. The number of likely N-dealkylation sites (N-methyl/N-ethyl adjacent to an activating group) is 1. The summed E-state index contributed by atoms with van der Waals surface area (Å²) in [6, 6.07) is 8.16. The van der Waals surface area contributed by atoms with Crippen molar-refractivity contribution in [3.05, 3.63) is 34.5 Å². The van der Waals surface area contributed by atoms with Crippen LogP contribution in [0, 0.1) is 0 Å². The molecule has 1 aromatic carbocycles. The minimum atomic E-state index is 0.770. The molecule has 92 valence electrons. The minimum Gasteiger partial charge on any atom is -0.459 e. The van der Waals surface area contributed by atoms with Crippen molar-refractivity contribution < 1.29 is 4.42 Å². The molecule has 0 bridgehead atoms. The Labute approximate surface area is 110 Å². The monoisotopic (exact) mass is 296 g/mol. The summed E-state index contributed by atoms with van der Waals surface area (Å²) in [5, 5.41) is 7.76. The van der Waals surface area contributed by atoms with Crippen LogP contribution < -0.4 is 10.6 Å². The van der Waals surface area contributed by atoms with E-state index in [1.807, 2.05) is 12.1 Å². The van der Waals surface area contributed by atoms with E-state index in [-0.39, 0.29) is 0 Å². The van der Waals surface area contributed by atoms with Gasteiger partial charge in [-0.2, -0.15) is 0 Å². The molecule has 0 unspecified atom stereocenters. The highest BCUT2D eigenvalue weighted by Gasteiger charge is 2.05. The van der Waals surface area contributed by atoms with Crippen LogP contribution in [0.3, 0.4) is 0 Å². The zero-order chi connectivity index (χ0) is 12.1. The Morgan fingerprint density at radius 3 is 2.82 bits per heavy atom. The van der Waals surface area contributed by atoms with Gasteiger partial charge < -0.3 is 15.1 Å². The van der Waals surface area contributed by atoms with Gasteiger partial charge in [0.1, 0.15) is 11.3 Å². The van der Waals surface area contributed by atoms with Gasteiger partial charge in [0.05, 0.1) is 11.0 Å². The average Bonchev–Trinajstić information content (AvgIpc) is 2.73. The van der Waals surface area contributed by atoms with Gasteiger partial charge in [0.2, 0.25) is 0 Å². The van der Waals surface area contributed by atoms with Crippen LogP contribution in [0.1, 0.15) is 12.7 Å². The van der Waals surface area contributed by atoms with Crippen molar-refractivity contribution in [1.82, 2.24) is 10.6 Å². The molecule has 2 N–H and O–H groups in total. The SMILES string of the molecule is CCNCCNCc1cc2cccc(Br)c2o1. The van der Waals surface area contributed by atoms with Crippen LogP contribution >= 0.6 is 15.9 Å². The largest absolute Gasteiger partial charge is 0.459 e. The molecule has 4 heteroatoms. The van der Waals surface area contributed by atoms with Crippen molar-refractivity contribution in [2.45, 2.75) is 13.5 Å². The molecule has 0 amide bonds. The number of benzene rings is 1. The lowest BCUT2D eigenvalue weighted by Crippen LogP contribution is -2.26. The molecule has 0 fully saturated rings. The third kappa shape index (κ3) is 3.31. The van der Waals surface area contributed by atoms with Crippen LogP contribution in [0.4, 0.5) is 0 Å². The zero-order valence-corrected chi connectivity index (χ0v) is 11.5. The van der Waals surface area contributed by atoms with Crippen molar-refractivity contribution in [3.8, 4) is 0 Å². The van der Waals surface area contributed by atoms with Crippen LogP contribution in [0.15, 0.2) is 33.2 Å². The smallest absolute Gasteiger partial charge is 0.148 e. The standard InChI is InChI=1S/C13H17BrN2O/c1-2-15-6-7-16-9-11-8-10-4-3-5-12(14)13(10)17-11/h3-5,8,15-16H,2,6-7,9H2,1H3. The number of halogens is 1. The van der Waals surface area contributed by atoms with E-state index in [4.69, 9.17) is 4.42 Å². The summed E-state index contributed by atoms with van der Waals surface area (Å²) in [5.41, 5.74) is 0.927. The van der Waals surface area contributed by atoms with Crippen molar-refractivity contribution in [1.29, 1.82) is 0 Å². The van der Waals surface area contributed by atoms with Crippen LogP contribution in [-0.2, 0) is 6.54 Å². The first-order valence-corrected chi connectivity index (χ1v) is 6.69. The van der Waals surface area contributed by atoms with Crippen molar-refractivity contribution >= 4 is 26.9 Å². The third-order valence-corrected chi connectivity index (χ3v) is 3.20. The van der Waals surface area contributed by atoms with Crippen LogP contribution in [-0.4, -0.2) is 19.6 Å².